The van der Waals surface area contributed by atoms with Gasteiger partial charge in [0.25, 0.3) is 5.91 Å². The summed E-state index contributed by atoms with van der Waals surface area (Å²) in [5.74, 6) is -1.58. The zero-order valence-corrected chi connectivity index (χ0v) is 28.7. The van der Waals surface area contributed by atoms with E-state index in [1.807, 2.05) is 14.0 Å². The molecule has 4 aliphatic carbocycles. The third-order valence-corrected chi connectivity index (χ3v) is 11.6. The molecule has 1 unspecified atom stereocenters. The molecule has 11 nitrogen and oxygen atoms in total. The van der Waals surface area contributed by atoms with Crippen LogP contribution >= 0.6 is 0 Å². The molecule has 5 rings (SSSR count). The van der Waals surface area contributed by atoms with Gasteiger partial charge in [-0.25, -0.2) is 4.79 Å². The van der Waals surface area contributed by atoms with Crippen LogP contribution in [0.1, 0.15) is 111 Å². The molecular formula is C35H58N6O5. The maximum absolute atomic E-state index is 14.7. The topological polar surface area (TPSA) is 149 Å². The van der Waals surface area contributed by atoms with Gasteiger partial charge in [-0.3, -0.25) is 19.2 Å². The lowest BCUT2D eigenvalue weighted by molar-refractivity contribution is -0.144. The third-order valence-electron chi connectivity index (χ3n) is 11.6. The number of hydrogen-bond acceptors (Lipinski definition) is 6. The van der Waals surface area contributed by atoms with Gasteiger partial charge in [0.15, 0.2) is 0 Å². The van der Waals surface area contributed by atoms with Crippen molar-refractivity contribution in [1.29, 1.82) is 0 Å². The summed E-state index contributed by atoms with van der Waals surface area (Å²) >= 11 is 0. The van der Waals surface area contributed by atoms with Crippen molar-refractivity contribution in [2.75, 3.05) is 20.1 Å². The Hall–Kier alpha value is -2.69. The minimum atomic E-state index is -0.928. The smallest absolute Gasteiger partial charge is 0.315 e. The molecule has 0 radical (unpaired) electrons. The lowest BCUT2D eigenvalue weighted by atomic mass is 9.83. The summed E-state index contributed by atoms with van der Waals surface area (Å²) in [6, 6.07) is -2.86. The SMILES string of the molecule is CCCC(NC(=O)[C@@H]1[C@H]2CCC3(CC3)[C@H]2CN1C(=O)[C@@H](NC(=O)N[C@H](CNC)C(C)(C)C)C1CCCCC1)C(=O)C(=O)NC1CC1. The number of carbonyl (C=O) groups is 5. The molecule has 5 fully saturated rings. The van der Waals surface area contributed by atoms with Gasteiger partial charge in [-0.2, -0.15) is 0 Å². The van der Waals surface area contributed by atoms with Crippen LogP contribution in [0.5, 0.6) is 0 Å². The first kappa shape index (κ1) is 34.6. The number of nitrogens with zero attached hydrogens (tertiary/aromatic N) is 1. The third kappa shape index (κ3) is 7.71. The van der Waals surface area contributed by atoms with E-state index in [1.165, 1.54) is 0 Å². The number of fused-ring (bicyclic) bond motifs is 2. The van der Waals surface area contributed by atoms with Crippen molar-refractivity contribution < 1.29 is 24.0 Å². The molecule has 0 aromatic heterocycles. The Morgan fingerprint density at radius 2 is 1.59 bits per heavy atom. The lowest BCUT2D eigenvalue weighted by Crippen LogP contribution is -2.61. The first-order valence-corrected chi connectivity index (χ1v) is 18.1. The second-order valence-corrected chi connectivity index (χ2v) is 16.0. The standard InChI is InChI=1S/C35H58N6O5/c1-6-10-25(29(42)31(44)37-22-13-14-22)38-30(43)28-23-15-16-35(17-18-35)24(23)20-41(28)32(45)27(21-11-8-7-9-12-21)40-33(46)39-26(19-36-5)34(2,3)4/h21-28,36H,6-20H2,1-5H3,(H,37,44)(H,38,43)(H2,39,40,46)/t23-,24-,25?,26+,27-,28-/m0/s1. The molecule has 1 saturated heterocycles. The first-order chi connectivity index (χ1) is 21.9. The average molecular weight is 643 g/mol. The fourth-order valence-electron chi connectivity index (χ4n) is 8.51. The summed E-state index contributed by atoms with van der Waals surface area (Å²) in [6.07, 6.45) is 11.7. The van der Waals surface area contributed by atoms with Gasteiger partial charge in [0.1, 0.15) is 12.1 Å². The molecule has 1 aliphatic heterocycles. The fourth-order valence-corrected chi connectivity index (χ4v) is 8.51. The number of likely N-dealkylation sites (N-methyl/N-ethyl adjacent to an activating group) is 1. The van der Waals surface area contributed by atoms with Gasteiger partial charge in [0.2, 0.25) is 17.6 Å². The number of urea groups is 1. The van der Waals surface area contributed by atoms with Crippen LogP contribution in [0.2, 0.25) is 0 Å². The number of nitrogens with one attached hydrogen (secondary N) is 5. The van der Waals surface area contributed by atoms with Crippen molar-refractivity contribution >= 4 is 29.5 Å². The monoisotopic (exact) mass is 642 g/mol. The first-order valence-electron chi connectivity index (χ1n) is 18.1. The van der Waals surface area contributed by atoms with Gasteiger partial charge < -0.3 is 31.5 Å². The van der Waals surface area contributed by atoms with Gasteiger partial charge in [-0.1, -0.05) is 53.4 Å². The van der Waals surface area contributed by atoms with Crippen LogP contribution in [-0.4, -0.2) is 84.8 Å². The molecule has 46 heavy (non-hydrogen) atoms. The second-order valence-electron chi connectivity index (χ2n) is 16.0. The van der Waals surface area contributed by atoms with Crippen LogP contribution in [0.4, 0.5) is 4.79 Å². The molecule has 11 heteroatoms. The minimum absolute atomic E-state index is 0.00542. The van der Waals surface area contributed by atoms with E-state index in [0.29, 0.717) is 25.9 Å². The maximum atomic E-state index is 14.7. The van der Waals surface area contributed by atoms with Crippen molar-refractivity contribution in [3.63, 3.8) is 0 Å². The van der Waals surface area contributed by atoms with E-state index in [1.54, 1.807) is 4.90 Å². The Morgan fingerprint density at radius 1 is 0.891 bits per heavy atom. The quantitative estimate of drug-likeness (QED) is 0.195. The average Bonchev–Trinajstić information content (AvgIpc) is 3.93. The summed E-state index contributed by atoms with van der Waals surface area (Å²) in [4.78, 5) is 70.1. The number of likely N-dealkylation sites (tertiary alicyclic amines) is 1. The molecule has 0 bridgehead atoms. The van der Waals surface area contributed by atoms with Crippen molar-refractivity contribution in [3.05, 3.63) is 0 Å². The number of Topliss-reactive ketones (excluding diaryl/α,β-unsaturated/α-hetero) is 1. The van der Waals surface area contributed by atoms with Crippen molar-refractivity contribution in [1.82, 2.24) is 31.5 Å². The molecule has 5 aliphatic rings. The summed E-state index contributed by atoms with van der Waals surface area (Å²) in [7, 11) is 1.85. The summed E-state index contributed by atoms with van der Waals surface area (Å²) in [5, 5.41) is 15.1. The van der Waals surface area contributed by atoms with Gasteiger partial charge in [0.05, 0.1) is 6.04 Å². The van der Waals surface area contributed by atoms with Gasteiger partial charge in [-0.15, -0.1) is 0 Å². The summed E-state index contributed by atoms with van der Waals surface area (Å²) in [5.41, 5.74) is 0.000119. The van der Waals surface area contributed by atoms with Crippen LogP contribution in [-0.2, 0) is 19.2 Å². The zero-order valence-electron chi connectivity index (χ0n) is 28.7. The van der Waals surface area contributed by atoms with E-state index >= 15 is 0 Å². The van der Waals surface area contributed by atoms with Crippen molar-refractivity contribution in [2.45, 2.75) is 141 Å². The second kappa shape index (κ2) is 14.2. The van der Waals surface area contributed by atoms with Gasteiger partial charge in [0, 0.05) is 25.2 Å². The summed E-state index contributed by atoms with van der Waals surface area (Å²) < 4.78 is 0. The molecule has 1 heterocycles. The Bertz CT molecular complexity index is 1150. The van der Waals surface area contributed by atoms with Crippen LogP contribution in [0.15, 0.2) is 0 Å². The molecule has 0 aromatic carbocycles. The Morgan fingerprint density at radius 3 is 2.17 bits per heavy atom. The summed E-state index contributed by atoms with van der Waals surface area (Å²) in [6.45, 7) is 9.23. The number of carbonyl (C=O) groups excluding carboxylic acids is 5. The molecule has 5 amide bonds. The maximum Gasteiger partial charge on any atom is 0.315 e. The minimum Gasteiger partial charge on any atom is -0.347 e. The van der Waals surface area contributed by atoms with E-state index in [4.69, 9.17) is 0 Å². The predicted molar refractivity (Wildman–Crippen MR) is 176 cm³/mol. The zero-order chi connectivity index (χ0) is 33.2. The lowest BCUT2D eigenvalue weighted by Gasteiger charge is -2.37. The van der Waals surface area contributed by atoms with Crippen LogP contribution in [0.3, 0.4) is 0 Å². The Kier molecular flexibility index (Phi) is 10.7. The Labute approximate surface area is 274 Å². The highest BCUT2D eigenvalue weighted by Crippen LogP contribution is 2.66. The van der Waals surface area contributed by atoms with Crippen LogP contribution in [0, 0.1) is 28.6 Å². The molecule has 4 saturated carbocycles. The number of rotatable bonds is 13. The van der Waals surface area contributed by atoms with E-state index < -0.39 is 29.8 Å². The molecule has 1 spiro atoms. The van der Waals surface area contributed by atoms with Crippen LogP contribution < -0.4 is 26.6 Å². The fraction of sp³-hybridized carbons (Fsp3) is 0.857. The predicted octanol–water partition coefficient (Wildman–Crippen LogP) is 3.02. The molecular weight excluding hydrogens is 584 g/mol. The van der Waals surface area contributed by atoms with E-state index in [0.717, 1.165) is 70.6 Å². The number of amides is 5. The highest BCUT2D eigenvalue weighted by Gasteiger charge is 2.64. The van der Waals surface area contributed by atoms with E-state index in [-0.39, 0.29) is 58.5 Å². The highest BCUT2D eigenvalue weighted by molar-refractivity contribution is 6.38. The van der Waals surface area contributed by atoms with E-state index in [9.17, 15) is 24.0 Å². The normalized spacial score (nSPS) is 27.3. The Balaban J connectivity index is 1.37. The van der Waals surface area contributed by atoms with Crippen LogP contribution in [0.25, 0.3) is 0 Å². The van der Waals surface area contributed by atoms with Crippen molar-refractivity contribution in [2.24, 2.45) is 28.6 Å². The number of ketones is 1. The van der Waals surface area contributed by atoms with Gasteiger partial charge in [-0.05, 0) is 93.4 Å². The molecule has 258 valence electrons. The van der Waals surface area contributed by atoms with Crippen molar-refractivity contribution in [3.8, 4) is 0 Å². The number of hydrogen-bond donors (Lipinski definition) is 5. The molecule has 6 atom stereocenters. The molecule has 0 aromatic rings. The van der Waals surface area contributed by atoms with E-state index in [2.05, 4.69) is 47.4 Å². The molecule has 5 N–H and O–H groups in total. The largest absolute Gasteiger partial charge is 0.347 e. The van der Waals surface area contributed by atoms with Gasteiger partial charge >= 0.3 is 6.03 Å². The highest BCUT2D eigenvalue weighted by atomic mass is 16.2.